The van der Waals surface area contributed by atoms with E-state index < -0.39 is 34.9 Å². The maximum Gasteiger partial charge on any atom is 0.306 e. The summed E-state index contributed by atoms with van der Waals surface area (Å²) in [4.78, 5) is 11.3. The van der Waals surface area contributed by atoms with Crippen LogP contribution in [0.2, 0.25) is 0 Å². The lowest BCUT2D eigenvalue weighted by Crippen LogP contribution is -2.40. The minimum Gasteiger partial charge on any atom is -0.469 e. The van der Waals surface area contributed by atoms with E-state index in [2.05, 4.69) is 4.74 Å². The highest BCUT2D eigenvalue weighted by molar-refractivity contribution is 5.70. The molecule has 0 saturated heterocycles. The first-order chi connectivity index (χ1) is 8.66. The molecule has 0 radical (unpaired) electrons. The van der Waals surface area contributed by atoms with Gasteiger partial charge in [0.05, 0.1) is 13.5 Å². The van der Waals surface area contributed by atoms with E-state index in [1.165, 1.54) is 7.11 Å². The highest BCUT2D eigenvalue weighted by atomic mass is 19.2. The first kappa shape index (κ1) is 15.5. The molecule has 0 aliphatic carbocycles. The number of hydrogen-bond donors (Lipinski definition) is 1. The third-order valence-corrected chi connectivity index (χ3v) is 2.91. The first-order valence-electron chi connectivity index (χ1n) is 5.67. The van der Waals surface area contributed by atoms with Gasteiger partial charge in [0.2, 0.25) is 0 Å². The van der Waals surface area contributed by atoms with Gasteiger partial charge in [-0.25, -0.2) is 13.2 Å². The van der Waals surface area contributed by atoms with Crippen molar-refractivity contribution in [3.63, 3.8) is 0 Å². The van der Waals surface area contributed by atoms with Gasteiger partial charge in [0.25, 0.3) is 0 Å². The third kappa shape index (κ3) is 3.70. The van der Waals surface area contributed by atoms with Crippen LogP contribution in [0.15, 0.2) is 12.1 Å². The minimum absolute atomic E-state index is 0.120. The van der Waals surface area contributed by atoms with Crippen molar-refractivity contribution in [1.82, 2.24) is 0 Å². The van der Waals surface area contributed by atoms with Crippen LogP contribution in [0, 0.1) is 17.5 Å². The Kier molecular flexibility index (Phi) is 4.57. The van der Waals surface area contributed by atoms with Gasteiger partial charge in [-0.15, -0.1) is 0 Å². The van der Waals surface area contributed by atoms with Crippen molar-refractivity contribution >= 4 is 5.97 Å². The molecule has 106 valence electrons. The van der Waals surface area contributed by atoms with Gasteiger partial charge in [0, 0.05) is 11.5 Å². The lowest BCUT2D eigenvalue weighted by Gasteiger charge is -2.30. The van der Waals surface area contributed by atoms with Crippen LogP contribution in [0.3, 0.4) is 0 Å². The molecule has 0 bridgehead atoms. The summed E-state index contributed by atoms with van der Waals surface area (Å²) >= 11 is 0. The highest BCUT2D eigenvalue weighted by Gasteiger charge is 2.31. The van der Waals surface area contributed by atoms with Gasteiger partial charge in [-0.3, -0.25) is 4.79 Å². The number of halogens is 3. The third-order valence-electron chi connectivity index (χ3n) is 2.91. The number of ether oxygens (including phenoxy) is 1. The molecule has 1 unspecified atom stereocenters. The topological polar surface area (TPSA) is 52.3 Å². The van der Waals surface area contributed by atoms with Crippen LogP contribution in [0.25, 0.3) is 0 Å². The maximum atomic E-state index is 13.2. The van der Waals surface area contributed by atoms with Gasteiger partial charge >= 0.3 is 5.97 Å². The second-order valence-electron chi connectivity index (χ2n) is 4.95. The van der Waals surface area contributed by atoms with Crippen LogP contribution >= 0.6 is 0 Å². The van der Waals surface area contributed by atoms with E-state index in [4.69, 9.17) is 5.73 Å². The minimum atomic E-state index is -1.55. The fourth-order valence-electron chi connectivity index (χ4n) is 1.84. The van der Waals surface area contributed by atoms with E-state index in [0.29, 0.717) is 0 Å². The zero-order valence-corrected chi connectivity index (χ0v) is 11.0. The SMILES string of the molecule is COC(=O)CC(c1cc(F)c(F)c(F)c1)C(C)(C)N. The second kappa shape index (κ2) is 5.61. The quantitative estimate of drug-likeness (QED) is 0.678. The van der Waals surface area contributed by atoms with Crippen LogP contribution in [0.5, 0.6) is 0 Å². The Labute approximate surface area is 109 Å². The lowest BCUT2D eigenvalue weighted by molar-refractivity contribution is -0.141. The molecule has 2 N–H and O–H groups in total. The molecule has 0 aromatic heterocycles. The number of nitrogens with two attached hydrogens (primary N) is 1. The molecule has 6 heteroatoms. The first-order valence-corrected chi connectivity index (χ1v) is 5.67. The molecule has 0 fully saturated rings. The van der Waals surface area contributed by atoms with Crippen molar-refractivity contribution in [2.75, 3.05) is 7.11 Å². The molecule has 1 rings (SSSR count). The molecule has 0 aliphatic heterocycles. The molecule has 0 spiro atoms. The van der Waals surface area contributed by atoms with Crippen LogP contribution in [-0.2, 0) is 9.53 Å². The number of hydrogen-bond acceptors (Lipinski definition) is 3. The average Bonchev–Trinajstić information content (AvgIpc) is 2.30. The summed E-state index contributed by atoms with van der Waals surface area (Å²) in [7, 11) is 1.20. The molecule has 0 amide bonds. The van der Waals surface area contributed by atoms with Crippen LogP contribution in [-0.4, -0.2) is 18.6 Å². The number of benzene rings is 1. The molecule has 1 aromatic carbocycles. The fraction of sp³-hybridized carbons (Fsp3) is 0.462. The standard InChI is InChI=1S/C13H16F3NO2/c1-13(2,17)8(6-11(18)19-3)7-4-9(14)12(16)10(15)5-7/h4-5,8H,6,17H2,1-3H3. The Morgan fingerprint density at radius 1 is 1.32 bits per heavy atom. The zero-order chi connectivity index (χ0) is 14.8. The van der Waals surface area contributed by atoms with Crippen LogP contribution in [0.1, 0.15) is 31.7 Å². The van der Waals surface area contributed by atoms with Gasteiger partial charge in [-0.05, 0) is 31.5 Å². The fourth-order valence-corrected chi connectivity index (χ4v) is 1.84. The second-order valence-corrected chi connectivity index (χ2v) is 4.95. The van der Waals surface area contributed by atoms with Gasteiger partial charge in [-0.1, -0.05) is 0 Å². The number of methoxy groups -OCH3 is 1. The molecule has 3 nitrogen and oxygen atoms in total. The Balaban J connectivity index is 3.22. The molecule has 0 aliphatic rings. The van der Waals surface area contributed by atoms with Crippen LogP contribution < -0.4 is 5.73 Å². The predicted molar refractivity (Wildman–Crippen MR) is 64.0 cm³/mol. The van der Waals surface area contributed by atoms with Gasteiger partial charge in [-0.2, -0.15) is 0 Å². The molecule has 0 saturated carbocycles. The number of rotatable bonds is 4. The summed E-state index contributed by atoms with van der Waals surface area (Å²) in [6, 6.07) is 1.70. The van der Waals surface area contributed by atoms with Crippen molar-refractivity contribution in [3.05, 3.63) is 35.1 Å². The number of carbonyl (C=O) groups excluding carboxylic acids is 1. The van der Waals surface area contributed by atoms with E-state index in [1.54, 1.807) is 13.8 Å². The van der Waals surface area contributed by atoms with E-state index in [-0.39, 0.29) is 12.0 Å². The maximum absolute atomic E-state index is 13.2. The van der Waals surface area contributed by atoms with E-state index in [9.17, 15) is 18.0 Å². The predicted octanol–water partition coefficient (Wildman–Crippen LogP) is 2.49. The molecule has 0 heterocycles. The molecule has 1 atom stereocenters. The van der Waals surface area contributed by atoms with Crippen molar-refractivity contribution in [1.29, 1.82) is 0 Å². The van der Waals surface area contributed by atoms with Crippen molar-refractivity contribution < 1.29 is 22.7 Å². The van der Waals surface area contributed by atoms with Gasteiger partial charge in [0.1, 0.15) is 0 Å². The van der Waals surface area contributed by atoms with E-state index in [1.807, 2.05) is 0 Å². The summed E-state index contributed by atoms with van der Waals surface area (Å²) in [5.74, 6) is -5.42. The number of esters is 1. The zero-order valence-electron chi connectivity index (χ0n) is 11.0. The summed E-state index contributed by atoms with van der Waals surface area (Å²) < 4.78 is 43.9. The molecule has 19 heavy (non-hydrogen) atoms. The molecular weight excluding hydrogens is 259 g/mol. The summed E-state index contributed by atoms with van der Waals surface area (Å²) in [5, 5.41) is 0. The lowest BCUT2D eigenvalue weighted by atomic mass is 9.80. The molecular formula is C13H16F3NO2. The van der Waals surface area contributed by atoms with Gasteiger partial charge in [0.15, 0.2) is 17.5 Å². The Hall–Kier alpha value is -1.56. The average molecular weight is 275 g/mol. The monoisotopic (exact) mass is 275 g/mol. The summed E-state index contributed by atoms with van der Waals surface area (Å²) in [6.07, 6.45) is -0.148. The molecule has 1 aromatic rings. The Bertz CT molecular complexity index is 460. The summed E-state index contributed by atoms with van der Waals surface area (Å²) in [5.41, 5.74) is 5.10. The van der Waals surface area contributed by atoms with Crippen LogP contribution in [0.4, 0.5) is 13.2 Å². The Morgan fingerprint density at radius 2 is 1.79 bits per heavy atom. The number of carbonyl (C=O) groups is 1. The van der Waals surface area contributed by atoms with Crippen molar-refractivity contribution in [3.8, 4) is 0 Å². The smallest absolute Gasteiger partial charge is 0.306 e. The van der Waals surface area contributed by atoms with E-state index >= 15 is 0 Å². The van der Waals surface area contributed by atoms with E-state index in [0.717, 1.165) is 12.1 Å². The van der Waals surface area contributed by atoms with Crippen molar-refractivity contribution in [2.45, 2.75) is 31.7 Å². The summed E-state index contributed by atoms with van der Waals surface area (Å²) in [6.45, 7) is 3.22. The van der Waals surface area contributed by atoms with Crippen molar-refractivity contribution in [2.24, 2.45) is 5.73 Å². The highest BCUT2D eigenvalue weighted by Crippen LogP contribution is 2.31. The van der Waals surface area contributed by atoms with Gasteiger partial charge < -0.3 is 10.5 Å². The largest absolute Gasteiger partial charge is 0.469 e. The Morgan fingerprint density at radius 3 is 2.16 bits per heavy atom. The normalized spacial score (nSPS) is 13.2.